The monoisotopic (exact) mass is 310 g/mol. The largest absolute Gasteiger partial charge is 0.354 e. The van der Waals surface area contributed by atoms with Crippen molar-refractivity contribution < 1.29 is 13.2 Å². The molecule has 0 aromatic heterocycles. The molecule has 1 saturated heterocycles. The van der Waals surface area contributed by atoms with E-state index in [0.717, 1.165) is 25.9 Å². The van der Waals surface area contributed by atoms with Gasteiger partial charge in [-0.1, -0.05) is 30.3 Å². The molecular formula is C15H22N2O3S. The molecule has 0 spiro atoms. The molecule has 6 heteroatoms. The van der Waals surface area contributed by atoms with Gasteiger partial charge < -0.3 is 5.32 Å². The molecule has 1 atom stereocenters. The number of carbonyl (C=O) groups excluding carboxylic acids is 1. The Balaban J connectivity index is 1.87. The highest BCUT2D eigenvalue weighted by Crippen LogP contribution is 2.20. The quantitative estimate of drug-likeness (QED) is 0.844. The molecule has 1 amide bonds. The number of hydrogen-bond donors (Lipinski definition) is 1. The van der Waals surface area contributed by atoms with E-state index in [2.05, 4.69) is 22.3 Å². The lowest BCUT2D eigenvalue weighted by molar-refractivity contribution is -0.125. The van der Waals surface area contributed by atoms with Gasteiger partial charge in [0.05, 0.1) is 11.8 Å². The second kappa shape index (κ2) is 7.04. The molecule has 21 heavy (non-hydrogen) atoms. The van der Waals surface area contributed by atoms with Crippen LogP contribution in [0.5, 0.6) is 0 Å². The minimum Gasteiger partial charge on any atom is -0.354 e. The molecule has 1 aromatic carbocycles. The Morgan fingerprint density at radius 2 is 2.05 bits per heavy atom. The van der Waals surface area contributed by atoms with Gasteiger partial charge in [-0.2, -0.15) is 0 Å². The van der Waals surface area contributed by atoms with E-state index in [9.17, 15) is 13.2 Å². The lowest BCUT2D eigenvalue weighted by atomic mass is 10.1. The van der Waals surface area contributed by atoms with Gasteiger partial charge in [0, 0.05) is 19.3 Å². The predicted octanol–water partition coefficient (Wildman–Crippen LogP) is 0.812. The summed E-state index contributed by atoms with van der Waals surface area (Å²) in [6, 6.07) is 9.92. The van der Waals surface area contributed by atoms with Crippen LogP contribution in [0.1, 0.15) is 18.4 Å². The van der Waals surface area contributed by atoms with Crippen LogP contribution >= 0.6 is 0 Å². The summed E-state index contributed by atoms with van der Waals surface area (Å²) in [6.45, 7) is 1.84. The maximum absolute atomic E-state index is 12.2. The number of nitrogens with zero attached hydrogens (tertiary/aromatic N) is 1. The second-order valence-corrected chi connectivity index (χ2v) is 7.79. The second-order valence-electron chi connectivity index (χ2n) is 5.54. The fourth-order valence-electron chi connectivity index (χ4n) is 2.61. The van der Waals surface area contributed by atoms with Crippen molar-refractivity contribution in [3.8, 4) is 0 Å². The third-order valence-corrected chi connectivity index (χ3v) is 4.61. The molecule has 0 bridgehead atoms. The number of hydrogen-bond acceptors (Lipinski definition) is 4. The fourth-order valence-corrected chi connectivity index (χ4v) is 3.08. The Labute approximate surface area is 126 Å². The molecule has 1 fully saturated rings. The molecule has 1 aromatic rings. The minimum absolute atomic E-state index is 0.00978. The van der Waals surface area contributed by atoms with Crippen molar-refractivity contribution in [1.29, 1.82) is 0 Å². The van der Waals surface area contributed by atoms with E-state index in [1.165, 1.54) is 11.8 Å². The summed E-state index contributed by atoms with van der Waals surface area (Å²) < 4.78 is 22.2. The predicted molar refractivity (Wildman–Crippen MR) is 82.6 cm³/mol. The summed E-state index contributed by atoms with van der Waals surface area (Å²) in [4.78, 5) is 14.3. The minimum atomic E-state index is -3.03. The van der Waals surface area contributed by atoms with Gasteiger partial charge in [0.25, 0.3) is 0 Å². The zero-order chi connectivity index (χ0) is 15.3. The van der Waals surface area contributed by atoms with Crippen LogP contribution in [0, 0.1) is 0 Å². The Bertz CT molecular complexity index is 572. The van der Waals surface area contributed by atoms with Gasteiger partial charge in [-0.3, -0.25) is 9.69 Å². The zero-order valence-corrected chi connectivity index (χ0v) is 13.1. The first-order valence-corrected chi connectivity index (χ1v) is 9.25. The maximum Gasteiger partial charge on any atom is 0.237 e. The van der Waals surface area contributed by atoms with Gasteiger partial charge in [-0.05, 0) is 24.9 Å². The van der Waals surface area contributed by atoms with Crippen LogP contribution in [0.15, 0.2) is 30.3 Å². The Kier molecular flexibility index (Phi) is 5.36. The van der Waals surface area contributed by atoms with Crippen molar-refractivity contribution in [3.05, 3.63) is 35.9 Å². The average molecular weight is 310 g/mol. The summed E-state index contributed by atoms with van der Waals surface area (Å²) in [5.74, 6) is -0.0727. The third-order valence-electron chi connectivity index (χ3n) is 3.67. The van der Waals surface area contributed by atoms with Gasteiger partial charge in [0.15, 0.2) is 0 Å². The van der Waals surface area contributed by atoms with Gasteiger partial charge in [-0.15, -0.1) is 0 Å². The SMILES string of the molecule is CS(=O)(=O)CCNC(=O)[C@@H]1CCCN1Cc1ccccc1. The van der Waals surface area contributed by atoms with E-state index in [-0.39, 0.29) is 24.2 Å². The molecule has 2 rings (SSSR count). The van der Waals surface area contributed by atoms with Crippen molar-refractivity contribution in [2.24, 2.45) is 0 Å². The number of nitrogens with one attached hydrogen (secondary N) is 1. The standard InChI is InChI=1S/C15H22N2O3S/c1-21(19,20)11-9-16-15(18)14-8-5-10-17(14)12-13-6-3-2-4-7-13/h2-4,6-7,14H,5,8-12H2,1H3,(H,16,18)/t14-/m0/s1. The van der Waals surface area contributed by atoms with Crippen LogP contribution in [0.4, 0.5) is 0 Å². The van der Waals surface area contributed by atoms with E-state index in [0.29, 0.717) is 0 Å². The van der Waals surface area contributed by atoms with Gasteiger partial charge in [0.1, 0.15) is 9.84 Å². The van der Waals surface area contributed by atoms with Crippen LogP contribution < -0.4 is 5.32 Å². The summed E-state index contributed by atoms with van der Waals surface area (Å²) in [5, 5.41) is 2.74. The summed E-state index contributed by atoms with van der Waals surface area (Å²) >= 11 is 0. The lowest BCUT2D eigenvalue weighted by Gasteiger charge is -2.23. The fraction of sp³-hybridized carbons (Fsp3) is 0.533. The smallest absolute Gasteiger partial charge is 0.237 e. The number of benzene rings is 1. The van der Waals surface area contributed by atoms with Crippen molar-refractivity contribution >= 4 is 15.7 Å². The van der Waals surface area contributed by atoms with Crippen LogP contribution in [0.3, 0.4) is 0 Å². The van der Waals surface area contributed by atoms with Crippen molar-refractivity contribution in [3.63, 3.8) is 0 Å². The van der Waals surface area contributed by atoms with E-state index in [1.54, 1.807) is 0 Å². The third kappa shape index (κ3) is 5.13. The molecule has 116 valence electrons. The highest BCUT2D eigenvalue weighted by atomic mass is 32.2. The van der Waals surface area contributed by atoms with Crippen LogP contribution in [0.2, 0.25) is 0 Å². The van der Waals surface area contributed by atoms with Crippen LogP contribution in [-0.4, -0.2) is 50.4 Å². The Hall–Kier alpha value is -1.40. The van der Waals surface area contributed by atoms with Crippen molar-refractivity contribution in [2.45, 2.75) is 25.4 Å². The number of rotatable bonds is 6. The van der Waals surface area contributed by atoms with E-state index in [1.807, 2.05) is 18.2 Å². The average Bonchev–Trinajstić information content (AvgIpc) is 2.86. The molecule has 1 heterocycles. The number of likely N-dealkylation sites (tertiary alicyclic amines) is 1. The Morgan fingerprint density at radius 1 is 1.33 bits per heavy atom. The van der Waals surface area contributed by atoms with Crippen LogP contribution in [0.25, 0.3) is 0 Å². The normalized spacial score (nSPS) is 19.6. The summed E-state index contributed by atoms with van der Waals surface area (Å²) in [6.07, 6.45) is 3.00. The molecular weight excluding hydrogens is 288 g/mol. The lowest BCUT2D eigenvalue weighted by Crippen LogP contribution is -2.44. The van der Waals surface area contributed by atoms with Crippen LogP contribution in [-0.2, 0) is 21.2 Å². The number of carbonyl (C=O) groups is 1. The first-order valence-electron chi connectivity index (χ1n) is 7.19. The molecule has 1 aliphatic heterocycles. The Morgan fingerprint density at radius 3 is 2.71 bits per heavy atom. The first kappa shape index (κ1) is 16.0. The summed E-state index contributed by atoms with van der Waals surface area (Å²) in [7, 11) is -3.03. The highest BCUT2D eigenvalue weighted by molar-refractivity contribution is 7.90. The zero-order valence-electron chi connectivity index (χ0n) is 12.3. The molecule has 0 unspecified atom stereocenters. The highest BCUT2D eigenvalue weighted by Gasteiger charge is 2.30. The first-order chi connectivity index (χ1) is 9.96. The van der Waals surface area contributed by atoms with Crippen molar-refractivity contribution in [2.75, 3.05) is 25.1 Å². The van der Waals surface area contributed by atoms with Crippen molar-refractivity contribution in [1.82, 2.24) is 10.2 Å². The molecule has 1 N–H and O–H groups in total. The van der Waals surface area contributed by atoms with E-state index in [4.69, 9.17) is 0 Å². The maximum atomic E-state index is 12.2. The topological polar surface area (TPSA) is 66.5 Å². The van der Waals surface area contributed by atoms with E-state index >= 15 is 0 Å². The molecule has 1 aliphatic rings. The number of amides is 1. The molecule has 0 radical (unpaired) electrons. The van der Waals surface area contributed by atoms with E-state index < -0.39 is 9.84 Å². The molecule has 0 saturated carbocycles. The van der Waals surface area contributed by atoms with Gasteiger partial charge >= 0.3 is 0 Å². The number of sulfone groups is 1. The molecule has 5 nitrogen and oxygen atoms in total. The summed E-state index contributed by atoms with van der Waals surface area (Å²) in [5.41, 5.74) is 1.19. The van der Waals surface area contributed by atoms with Gasteiger partial charge in [-0.25, -0.2) is 8.42 Å². The van der Waals surface area contributed by atoms with Gasteiger partial charge in [0.2, 0.25) is 5.91 Å². The molecule has 0 aliphatic carbocycles.